The number of halogens is 1. The predicted molar refractivity (Wildman–Crippen MR) is 95.0 cm³/mol. The number of hydrogen-bond donors (Lipinski definition) is 1. The molecule has 0 radical (unpaired) electrons. The van der Waals surface area contributed by atoms with Gasteiger partial charge in [0.25, 0.3) is 5.56 Å². The number of aromatic nitrogens is 3. The summed E-state index contributed by atoms with van der Waals surface area (Å²) in [6.07, 6.45) is 0. The number of oxazole rings is 1. The smallest absolute Gasteiger partial charge is 0.325 e. The Balaban J connectivity index is 1.57. The van der Waals surface area contributed by atoms with Crippen LogP contribution in [0.5, 0.6) is 0 Å². The maximum Gasteiger partial charge on any atom is 0.325 e. The van der Waals surface area contributed by atoms with Gasteiger partial charge in [0, 0.05) is 27.4 Å². The fraction of sp³-hybridized carbons (Fsp3) is 0.0588. The molecule has 0 fully saturated rings. The predicted octanol–water partition coefficient (Wildman–Crippen LogP) is 4.25. The van der Waals surface area contributed by atoms with Gasteiger partial charge in [-0.25, -0.2) is 0 Å². The zero-order valence-corrected chi connectivity index (χ0v) is 14.0. The van der Waals surface area contributed by atoms with Crippen LogP contribution in [0.3, 0.4) is 0 Å². The van der Waals surface area contributed by atoms with Crippen LogP contribution >= 0.6 is 23.4 Å². The second-order valence-electron chi connectivity index (χ2n) is 5.16. The van der Waals surface area contributed by atoms with E-state index < -0.39 is 0 Å². The molecule has 2 aromatic heterocycles. The molecule has 0 saturated heterocycles. The first-order chi connectivity index (χ1) is 11.7. The quantitative estimate of drug-likeness (QED) is 0.554. The second-order valence-corrected chi connectivity index (χ2v) is 6.65. The zero-order valence-electron chi connectivity index (χ0n) is 12.4. The van der Waals surface area contributed by atoms with Gasteiger partial charge in [0.2, 0.25) is 0 Å². The van der Waals surface area contributed by atoms with Crippen molar-refractivity contribution < 1.29 is 4.42 Å². The third-order valence-electron chi connectivity index (χ3n) is 3.46. The van der Waals surface area contributed by atoms with Crippen molar-refractivity contribution >= 4 is 34.5 Å². The third kappa shape index (κ3) is 2.98. The lowest BCUT2D eigenvalue weighted by Gasteiger charge is -2.00. The number of para-hydroxylation sites is 2. The van der Waals surface area contributed by atoms with Crippen molar-refractivity contribution in [2.45, 2.75) is 10.6 Å². The summed E-state index contributed by atoms with van der Waals surface area (Å²) < 4.78 is 6.94. The number of aromatic amines is 1. The van der Waals surface area contributed by atoms with E-state index in [0.717, 1.165) is 10.6 Å². The number of H-pyrrole nitrogens is 1. The lowest BCUT2D eigenvalue weighted by Crippen LogP contribution is -2.13. The molecule has 0 amide bonds. The van der Waals surface area contributed by atoms with Crippen LogP contribution in [0, 0.1) is 0 Å². The zero-order chi connectivity index (χ0) is 16.5. The summed E-state index contributed by atoms with van der Waals surface area (Å²) in [7, 11) is 0. The van der Waals surface area contributed by atoms with E-state index in [0.29, 0.717) is 21.9 Å². The molecule has 2 aromatic carbocycles. The highest BCUT2D eigenvalue weighted by atomic mass is 35.5. The molecule has 5 nitrogen and oxygen atoms in total. The highest BCUT2D eigenvalue weighted by Crippen LogP contribution is 2.23. The third-order valence-corrected chi connectivity index (χ3v) is 4.77. The average molecular weight is 358 g/mol. The number of rotatable bonds is 4. The molecule has 0 aliphatic carbocycles. The highest BCUT2D eigenvalue weighted by molar-refractivity contribution is 7.98. The SMILES string of the molecule is O=c1cc(CSc2ccc(Cl)cc2)[nH]n1-c1nc2ccccc2o1. The van der Waals surface area contributed by atoms with E-state index in [9.17, 15) is 4.79 Å². The summed E-state index contributed by atoms with van der Waals surface area (Å²) in [4.78, 5) is 17.6. The monoisotopic (exact) mass is 357 g/mol. The van der Waals surface area contributed by atoms with Gasteiger partial charge in [-0.1, -0.05) is 23.7 Å². The van der Waals surface area contributed by atoms with E-state index in [-0.39, 0.29) is 11.6 Å². The van der Waals surface area contributed by atoms with Gasteiger partial charge in [0.05, 0.1) is 0 Å². The molecule has 0 saturated carbocycles. The maximum atomic E-state index is 12.2. The Labute approximate surface area is 146 Å². The van der Waals surface area contributed by atoms with Crippen LogP contribution in [0.1, 0.15) is 5.69 Å². The van der Waals surface area contributed by atoms with Crippen molar-refractivity contribution in [3.8, 4) is 6.01 Å². The van der Waals surface area contributed by atoms with Crippen molar-refractivity contribution in [2.24, 2.45) is 0 Å². The van der Waals surface area contributed by atoms with E-state index in [1.807, 2.05) is 48.5 Å². The van der Waals surface area contributed by atoms with Crippen molar-refractivity contribution in [3.63, 3.8) is 0 Å². The Kier molecular flexibility index (Phi) is 3.92. The van der Waals surface area contributed by atoms with Crippen LogP contribution in [0.25, 0.3) is 17.1 Å². The van der Waals surface area contributed by atoms with Crippen molar-refractivity contribution in [2.75, 3.05) is 0 Å². The lowest BCUT2D eigenvalue weighted by atomic mass is 10.3. The normalized spacial score (nSPS) is 11.2. The molecule has 0 atom stereocenters. The van der Waals surface area contributed by atoms with Gasteiger partial charge in [-0.2, -0.15) is 9.67 Å². The molecule has 0 aliphatic rings. The lowest BCUT2D eigenvalue weighted by molar-refractivity contribution is 0.536. The Hall–Kier alpha value is -2.44. The Morgan fingerprint density at radius 2 is 1.96 bits per heavy atom. The summed E-state index contributed by atoms with van der Waals surface area (Å²) in [5.74, 6) is 0.629. The minimum absolute atomic E-state index is 0.201. The van der Waals surface area contributed by atoms with E-state index in [1.165, 1.54) is 4.68 Å². The number of benzene rings is 2. The number of hydrogen-bond acceptors (Lipinski definition) is 4. The summed E-state index contributed by atoms with van der Waals surface area (Å²) in [6.45, 7) is 0. The summed E-state index contributed by atoms with van der Waals surface area (Å²) in [5, 5.41) is 3.74. The number of nitrogens with one attached hydrogen (secondary N) is 1. The largest absolute Gasteiger partial charge is 0.422 e. The molecule has 120 valence electrons. The van der Waals surface area contributed by atoms with E-state index >= 15 is 0 Å². The fourth-order valence-electron chi connectivity index (χ4n) is 2.31. The van der Waals surface area contributed by atoms with E-state index in [2.05, 4.69) is 10.1 Å². The van der Waals surface area contributed by atoms with Gasteiger partial charge in [-0.3, -0.25) is 9.89 Å². The Morgan fingerprint density at radius 1 is 1.17 bits per heavy atom. The molecular formula is C17H12ClN3O2S. The number of fused-ring (bicyclic) bond motifs is 1. The molecule has 1 N–H and O–H groups in total. The molecule has 4 rings (SSSR count). The molecule has 24 heavy (non-hydrogen) atoms. The van der Waals surface area contributed by atoms with Crippen LogP contribution in [0.4, 0.5) is 0 Å². The van der Waals surface area contributed by atoms with E-state index in [4.69, 9.17) is 16.0 Å². The van der Waals surface area contributed by atoms with Crippen LogP contribution in [-0.2, 0) is 5.75 Å². The standard InChI is InChI=1S/C17H12ClN3O2S/c18-11-5-7-13(8-6-11)24-10-12-9-16(22)21(20-12)17-19-14-3-1-2-4-15(14)23-17/h1-9,20H,10H2. The van der Waals surface area contributed by atoms with Gasteiger partial charge in [0.1, 0.15) is 5.52 Å². The van der Waals surface area contributed by atoms with Gasteiger partial charge >= 0.3 is 6.01 Å². The summed E-state index contributed by atoms with van der Waals surface area (Å²) in [6, 6.07) is 16.8. The highest BCUT2D eigenvalue weighted by Gasteiger charge is 2.12. The average Bonchev–Trinajstić information content (AvgIpc) is 3.17. The molecule has 0 bridgehead atoms. The number of nitrogens with zero attached hydrogens (tertiary/aromatic N) is 2. The topological polar surface area (TPSA) is 63.8 Å². The minimum atomic E-state index is -0.201. The summed E-state index contributed by atoms with van der Waals surface area (Å²) in [5.41, 5.74) is 1.95. The molecule has 0 spiro atoms. The first-order valence-electron chi connectivity index (χ1n) is 7.24. The molecule has 2 heterocycles. The molecule has 7 heteroatoms. The van der Waals surface area contributed by atoms with Crippen molar-refractivity contribution in [3.05, 3.63) is 75.7 Å². The number of thioether (sulfide) groups is 1. The Bertz CT molecular complexity index is 1020. The van der Waals surface area contributed by atoms with Crippen LogP contribution < -0.4 is 5.56 Å². The van der Waals surface area contributed by atoms with Gasteiger partial charge in [-0.15, -0.1) is 11.8 Å². The van der Waals surface area contributed by atoms with Gasteiger partial charge < -0.3 is 4.42 Å². The minimum Gasteiger partial charge on any atom is -0.422 e. The first kappa shape index (κ1) is 15.1. The summed E-state index contributed by atoms with van der Waals surface area (Å²) >= 11 is 7.49. The Morgan fingerprint density at radius 3 is 2.75 bits per heavy atom. The van der Waals surface area contributed by atoms with Gasteiger partial charge in [0.15, 0.2) is 5.58 Å². The van der Waals surface area contributed by atoms with Crippen molar-refractivity contribution in [1.29, 1.82) is 0 Å². The maximum absolute atomic E-state index is 12.2. The molecule has 4 aromatic rings. The van der Waals surface area contributed by atoms with Crippen LogP contribution in [0.15, 0.2) is 68.7 Å². The molecule has 0 aliphatic heterocycles. The van der Waals surface area contributed by atoms with Crippen LogP contribution in [-0.4, -0.2) is 14.8 Å². The van der Waals surface area contributed by atoms with Gasteiger partial charge in [-0.05, 0) is 36.4 Å². The fourth-order valence-corrected chi connectivity index (χ4v) is 3.23. The molecular weight excluding hydrogens is 346 g/mol. The first-order valence-corrected chi connectivity index (χ1v) is 8.61. The second kappa shape index (κ2) is 6.22. The van der Waals surface area contributed by atoms with Crippen molar-refractivity contribution in [1.82, 2.24) is 14.8 Å². The van der Waals surface area contributed by atoms with E-state index in [1.54, 1.807) is 17.8 Å². The molecule has 0 unspecified atom stereocenters. The van der Waals surface area contributed by atoms with Crippen LogP contribution in [0.2, 0.25) is 5.02 Å².